The number of amides is 1. The Morgan fingerprint density at radius 2 is 1.75 bits per heavy atom. The number of hydrogen-bond donors (Lipinski definition) is 1. The molecule has 0 fully saturated rings. The summed E-state index contributed by atoms with van der Waals surface area (Å²) in [5, 5.41) is 6.59. The highest BCUT2D eigenvalue weighted by molar-refractivity contribution is 6.03. The van der Waals surface area contributed by atoms with Gasteiger partial charge in [-0.1, -0.05) is 13.8 Å². The molecule has 0 aliphatic rings. The number of carbonyl (C=O) groups is 1. The molecular weight excluding hydrogens is 423 g/mol. The number of hydrogen-bond acceptors (Lipinski definition) is 6. The molecule has 0 spiro atoms. The minimum absolute atomic E-state index is 0.0820. The van der Waals surface area contributed by atoms with Gasteiger partial charge in [-0.3, -0.25) is 9.78 Å². The van der Waals surface area contributed by atoms with Crippen LogP contribution in [0, 0.1) is 0 Å². The van der Waals surface area contributed by atoms with Crippen LogP contribution in [0.2, 0.25) is 0 Å². The third-order valence-corrected chi connectivity index (χ3v) is 4.01. The van der Waals surface area contributed by atoms with Crippen molar-refractivity contribution in [3.05, 3.63) is 78.9 Å². The van der Waals surface area contributed by atoms with Gasteiger partial charge in [0.15, 0.2) is 0 Å². The van der Waals surface area contributed by atoms with Crippen LogP contribution >= 0.6 is 0 Å². The normalized spacial score (nSPS) is 10.8. The molecule has 1 amide bonds. The van der Waals surface area contributed by atoms with E-state index in [0.717, 1.165) is 10.7 Å². The minimum atomic E-state index is -4.63. The first kappa shape index (κ1) is 22.5. The summed E-state index contributed by atoms with van der Waals surface area (Å²) in [6, 6.07) is 6.92. The molecule has 11 heteroatoms. The Kier molecular flexibility index (Phi) is 6.88. The Morgan fingerprint density at radius 3 is 2.34 bits per heavy atom. The number of halogens is 3. The van der Waals surface area contributed by atoms with E-state index in [1.807, 2.05) is 13.8 Å². The summed E-state index contributed by atoms with van der Waals surface area (Å²) in [6.07, 6.45) is 3.44. The van der Waals surface area contributed by atoms with E-state index in [4.69, 9.17) is 0 Å². The lowest BCUT2D eigenvalue weighted by Crippen LogP contribution is -2.15. The van der Waals surface area contributed by atoms with E-state index in [1.165, 1.54) is 49.4 Å². The lowest BCUT2D eigenvalue weighted by molar-refractivity contribution is -0.142. The largest absolute Gasteiger partial charge is 0.433 e. The predicted molar refractivity (Wildman–Crippen MR) is 111 cm³/mol. The molecule has 0 unspecified atom stereocenters. The van der Waals surface area contributed by atoms with Gasteiger partial charge in [-0.25, -0.2) is 19.6 Å². The van der Waals surface area contributed by atoms with Crippen molar-refractivity contribution >= 4 is 11.7 Å². The van der Waals surface area contributed by atoms with Crippen LogP contribution in [0.15, 0.2) is 67.6 Å². The van der Waals surface area contributed by atoms with E-state index >= 15 is 0 Å². The fourth-order valence-corrected chi connectivity index (χ4v) is 2.63. The van der Waals surface area contributed by atoms with Crippen molar-refractivity contribution in [1.29, 1.82) is 0 Å². The van der Waals surface area contributed by atoms with Crippen molar-refractivity contribution < 1.29 is 18.0 Å². The molecule has 4 rings (SSSR count). The van der Waals surface area contributed by atoms with E-state index in [9.17, 15) is 18.0 Å². The summed E-state index contributed by atoms with van der Waals surface area (Å²) in [4.78, 5) is 27.5. The molecule has 4 heterocycles. The molecule has 0 aromatic carbocycles. The van der Waals surface area contributed by atoms with Crippen molar-refractivity contribution in [1.82, 2.24) is 29.7 Å². The molecule has 0 saturated carbocycles. The summed E-state index contributed by atoms with van der Waals surface area (Å²) in [7, 11) is 0. The van der Waals surface area contributed by atoms with E-state index in [-0.39, 0.29) is 22.8 Å². The number of aromatic nitrogens is 6. The molecule has 0 bridgehead atoms. The maximum Gasteiger partial charge on any atom is 0.433 e. The smallest absolute Gasteiger partial charge is 0.306 e. The molecule has 0 saturated heterocycles. The van der Waals surface area contributed by atoms with Gasteiger partial charge in [-0.2, -0.15) is 18.3 Å². The first-order chi connectivity index (χ1) is 15.4. The van der Waals surface area contributed by atoms with Gasteiger partial charge in [0, 0.05) is 30.4 Å². The molecule has 32 heavy (non-hydrogen) atoms. The Hall–Kier alpha value is -4.15. The molecule has 4 aromatic rings. The Morgan fingerprint density at radius 1 is 1.00 bits per heavy atom. The highest BCUT2D eigenvalue weighted by Crippen LogP contribution is 2.33. The van der Waals surface area contributed by atoms with Gasteiger partial charge >= 0.3 is 6.18 Å². The molecule has 0 atom stereocenters. The molecular formula is C21H18F3N7O. The van der Waals surface area contributed by atoms with E-state index in [2.05, 4.69) is 30.4 Å². The Balaban J connectivity index is 0.00000141. The first-order valence-corrected chi connectivity index (χ1v) is 9.52. The van der Waals surface area contributed by atoms with Crippen molar-refractivity contribution in [2.45, 2.75) is 20.0 Å². The molecule has 0 aliphatic carbocycles. The van der Waals surface area contributed by atoms with Crippen LogP contribution in [0.3, 0.4) is 0 Å². The average Bonchev–Trinajstić information content (AvgIpc) is 3.28. The number of pyridine rings is 2. The molecule has 1 N–H and O–H groups in total. The number of nitrogens with zero attached hydrogens (tertiary/aromatic N) is 6. The molecule has 164 valence electrons. The number of nitrogens with one attached hydrogen (secondary N) is 1. The van der Waals surface area contributed by atoms with Crippen LogP contribution in [0.4, 0.5) is 19.0 Å². The van der Waals surface area contributed by atoms with Crippen LogP contribution in [0.25, 0.3) is 16.9 Å². The summed E-state index contributed by atoms with van der Waals surface area (Å²) in [5.74, 6) is -0.342. The lowest BCUT2D eigenvalue weighted by Gasteiger charge is -2.10. The van der Waals surface area contributed by atoms with Crippen LogP contribution < -0.4 is 5.32 Å². The molecule has 0 radical (unpaired) electrons. The van der Waals surface area contributed by atoms with Gasteiger partial charge < -0.3 is 5.32 Å². The van der Waals surface area contributed by atoms with E-state index < -0.39 is 17.8 Å². The number of anilines is 1. The third kappa shape index (κ3) is 5.12. The van der Waals surface area contributed by atoms with E-state index in [1.54, 1.807) is 12.1 Å². The van der Waals surface area contributed by atoms with Crippen molar-refractivity contribution in [2.75, 3.05) is 5.32 Å². The first-order valence-electron chi connectivity index (χ1n) is 9.52. The quantitative estimate of drug-likeness (QED) is 0.504. The highest BCUT2D eigenvalue weighted by Gasteiger charge is 2.36. The standard InChI is InChI=1S/C19H12F3N7O.C2H6/c20-19(21,22)16-6-15(12-2-1-5-23-7-12)28-29(16)14-3-4-17(26-10-14)27-18(30)13-8-24-11-25-9-13;1-2/h1-11H,(H,26,27,30);1-2H3. The average molecular weight is 441 g/mol. The number of carbonyl (C=O) groups excluding carboxylic acids is 1. The van der Waals surface area contributed by atoms with Crippen LogP contribution in [0.5, 0.6) is 0 Å². The van der Waals surface area contributed by atoms with Crippen LogP contribution in [0.1, 0.15) is 29.9 Å². The fraction of sp³-hybridized carbons (Fsp3) is 0.143. The van der Waals surface area contributed by atoms with Gasteiger partial charge in [0.2, 0.25) is 0 Å². The van der Waals surface area contributed by atoms with Crippen LogP contribution in [-0.2, 0) is 6.18 Å². The van der Waals surface area contributed by atoms with Crippen molar-refractivity contribution in [3.8, 4) is 16.9 Å². The SMILES string of the molecule is CC.O=C(Nc1ccc(-n2nc(-c3cccnc3)cc2C(F)(F)F)cn1)c1cncnc1. The van der Waals surface area contributed by atoms with Gasteiger partial charge in [0.1, 0.15) is 17.8 Å². The zero-order valence-corrected chi connectivity index (χ0v) is 17.1. The maximum absolute atomic E-state index is 13.5. The highest BCUT2D eigenvalue weighted by atomic mass is 19.4. The van der Waals surface area contributed by atoms with E-state index in [0.29, 0.717) is 5.56 Å². The van der Waals surface area contributed by atoms with Crippen LogP contribution in [-0.4, -0.2) is 35.6 Å². The molecule has 0 aliphatic heterocycles. The fourth-order valence-electron chi connectivity index (χ4n) is 2.63. The maximum atomic E-state index is 13.5. The number of rotatable bonds is 4. The predicted octanol–water partition coefficient (Wildman–Crippen LogP) is 4.42. The monoisotopic (exact) mass is 441 g/mol. The second-order valence-electron chi connectivity index (χ2n) is 6.05. The second kappa shape index (κ2) is 9.77. The molecule has 8 nitrogen and oxygen atoms in total. The van der Waals surface area contributed by atoms with Gasteiger partial charge in [0.05, 0.1) is 23.1 Å². The summed E-state index contributed by atoms with van der Waals surface area (Å²) < 4.78 is 41.4. The summed E-state index contributed by atoms with van der Waals surface area (Å²) >= 11 is 0. The summed E-state index contributed by atoms with van der Waals surface area (Å²) in [5.41, 5.74) is -0.0867. The minimum Gasteiger partial charge on any atom is -0.306 e. The van der Waals surface area contributed by atoms with Crippen molar-refractivity contribution in [3.63, 3.8) is 0 Å². The van der Waals surface area contributed by atoms with Gasteiger partial charge in [-0.15, -0.1) is 0 Å². The molecule has 4 aromatic heterocycles. The number of alkyl halides is 3. The third-order valence-electron chi connectivity index (χ3n) is 4.01. The van der Waals surface area contributed by atoms with Gasteiger partial charge in [-0.05, 0) is 30.3 Å². The summed E-state index contributed by atoms with van der Waals surface area (Å²) in [6.45, 7) is 4.00. The second-order valence-corrected chi connectivity index (χ2v) is 6.05. The lowest BCUT2D eigenvalue weighted by atomic mass is 10.2. The van der Waals surface area contributed by atoms with Crippen molar-refractivity contribution in [2.24, 2.45) is 0 Å². The Labute approximate surface area is 181 Å². The zero-order valence-electron chi connectivity index (χ0n) is 17.1. The zero-order chi connectivity index (χ0) is 23.1. The topological polar surface area (TPSA) is 98.5 Å². The Bertz CT molecular complexity index is 1160. The van der Waals surface area contributed by atoms with Gasteiger partial charge in [0.25, 0.3) is 5.91 Å².